The minimum atomic E-state index is -1.45. The number of benzene rings is 2. The molecular formula is C30H35FN6O4S. The first-order valence-electron chi connectivity index (χ1n) is 13.9. The van der Waals surface area contributed by atoms with E-state index in [1.165, 1.54) is 12.1 Å². The first kappa shape index (κ1) is 29.6. The molecule has 3 heterocycles. The molecule has 5 N–H and O–H groups in total. The molecule has 2 aromatic rings. The maximum Gasteiger partial charge on any atom is 0.267 e. The quantitative estimate of drug-likeness (QED) is 0.366. The molecule has 1 saturated heterocycles. The number of carbonyl (C=O) groups excluding carboxylic acids is 4. The highest BCUT2D eigenvalue weighted by Crippen LogP contribution is 2.39. The van der Waals surface area contributed by atoms with Gasteiger partial charge in [-0.15, -0.1) is 0 Å². The van der Waals surface area contributed by atoms with Crippen LogP contribution in [-0.4, -0.2) is 58.2 Å². The van der Waals surface area contributed by atoms with Crippen molar-refractivity contribution in [3.8, 4) is 0 Å². The van der Waals surface area contributed by atoms with E-state index in [2.05, 4.69) is 16.0 Å². The van der Waals surface area contributed by atoms with Gasteiger partial charge in [0.25, 0.3) is 17.7 Å². The molecule has 4 amide bonds. The maximum absolute atomic E-state index is 14.4. The van der Waals surface area contributed by atoms with Gasteiger partial charge in [0, 0.05) is 38.3 Å². The van der Waals surface area contributed by atoms with E-state index in [0.29, 0.717) is 34.8 Å². The Labute approximate surface area is 248 Å². The molecule has 3 aliphatic rings. The van der Waals surface area contributed by atoms with E-state index in [1.54, 1.807) is 37.9 Å². The minimum Gasteiger partial charge on any atom is -0.367 e. The lowest BCUT2D eigenvalue weighted by molar-refractivity contribution is -0.154. The van der Waals surface area contributed by atoms with Crippen LogP contribution in [0.5, 0.6) is 0 Å². The second-order valence-corrected chi connectivity index (χ2v) is 12.6. The van der Waals surface area contributed by atoms with Crippen LogP contribution in [0.1, 0.15) is 43.9 Å². The third-order valence-corrected chi connectivity index (χ3v) is 9.45. The van der Waals surface area contributed by atoms with Crippen LogP contribution in [0.2, 0.25) is 0 Å². The number of allylic oxidation sites excluding steroid dienone is 1. The molecular weight excluding hydrogens is 559 g/mol. The van der Waals surface area contributed by atoms with Gasteiger partial charge in [0.1, 0.15) is 5.82 Å². The third-order valence-electron chi connectivity index (χ3n) is 8.04. The van der Waals surface area contributed by atoms with Crippen molar-refractivity contribution in [2.75, 3.05) is 19.6 Å². The van der Waals surface area contributed by atoms with Crippen molar-refractivity contribution in [1.82, 2.24) is 26.0 Å². The minimum absolute atomic E-state index is 0.00635. The van der Waals surface area contributed by atoms with Crippen LogP contribution in [-0.2, 0) is 37.7 Å². The summed E-state index contributed by atoms with van der Waals surface area (Å²) in [6, 6.07) is 13.5. The highest BCUT2D eigenvalue weighted by molar-refractivity contribution is 8.06. The van der Waals surface area contributed by atoms with E-state index in [-0.39, 0.29) is 18.9 Å². The van der Waals surface area contributed by atoms with Crippen LogP contribution in [0.3, 0.4) is 0 Å². The van der Waals surface area contributed by atoms with E-state index in [1.807, 2.05) is 29.3 Å². The Morgan fingerprint density at radius 2 is 1.86 bits per heavy atom. The first-order valence-corrected chi connectivity index (χ1v) is 14.7. The van der Waals surface area contributed by atoms with Crippen LogP contribution < -0.4 is 21.7 Å². The number of halogens is 1. The van der Waals surface area contributed by atoms with Crippen molar-refractivity contribution in [1.29, 1.82) is 0 Å². The van der Waals surface area contributed by atoms with Gasteiger partial charge >= 0.3 is 0 Å². The third kappa shape index (κ3) is 5.48. The average molecular weight is 595 g/mol. The van der Waals surface area contributed by atoms with E-state index < -0.39 is 39.9 Å². The lowest BCUT2D eigenvalue weighted by atomic mass is 9.80. The number of nitrogens with zero attached hydrogens (tertiary/aromatic N) is 2. The van der Waals surface area contributed by atoms with Gasteiger partial charge in [0.2, 0.25) is 5.91 Å². The molecule has 0 aromatic heterocycles. The van der Waals surface area contributed by atoms with E-state index >= 15 is 0 Å². The fourth-order valence-electron chi connectivity index (χ4n) is 5.71. The molecule has 0 radical (unpaired) electrons. The van der Waals surface area contributed by atoms with Crippen molar-refractivity contribution >= 4 is 35.4 Å². The Bertz CT molecular complexity index is 1470. The highest BCUT2D eigenvalue weighted by atomic mass is 32.2. The van der Waals surface area contributed by atoms with E-state index in [0.717, 1.165) is 30.3 Å². The summed E-state index contributed by atoms with van der Waals surface area (Å²) in [5.74, 6) is -2.80. The number of nitrogens with one attached hydrogen (secondary N) is 3. The van der Waals surface area contributed by atoms with Gasteiger partial charge in [-0.3, -0.25) is 24.2 Å². The number of fused-ring (bicyclic) bond motifs is 2. The van der Waals surface area contributed by atoms with Crippen molar-refractivity contribution in [3.63, 3.8) is 0 Å². The second kappa shape index (κ2) is 11.4. The van der Waals surface area contributed by atoms with Crippen molar-refractivity contribution < 1.29 is 23.6 Å². The Hall–Kier alpha value is -3.90. The van der Waals surface area contributed by atoms with Crippen LogP contribution in [0.15, 0.2) is 59.1 Å². The van der Waals surface area contributed by atoms with Crippen molar-refractivity contribution in [2.24, 2.45) is 11.7 Å². The van der Waals surface area contributed by atoms with Crippen LogP contribution in [0.4, 0.5) is 4.39 Å². The molecule has 12 heteroatoms. The van der Waals surface area contributed by atoms with Gasteiger partial charge in [-0.2, -0.15) is 0 Å². The molecule has 3 atom stereocenters. The molecule has 0 saturated carbocycles. The molecule has 0 bridgehead atoms. The number of rotatable bonds is 8. The fourth-order valence-corrected chi connectivity index (χ4v) is 6.79. The average Bonchev–Trinajstić information content (AvgIpc) is 3.53. The van der Waals surface area contributed by atoms with Crippen molar-refractivity contribution in [3.05, 3.63) is 81.6 Å². The zero-order chi connectivity index (χ0) is 30.2. The van der Waals surface area contributed by atoms with Gasteiger partial charge in [-0.25, -0.2) is 9.40 Å². The summed E-state index contributed by atoms with van der Waals surface area (Å²) in [5.41, 5.74) is 6.86. The molecule has 222 valence electrons. The number of hydrogen-bond donors (Lipinski definition) is 4. The highest BCUT2D eigenvalue weighted by Gasteiger charge is 2.50. The molecule has 0 spiro atoms. The zero-order valence-electron chi connectivity index (χ0n) is 23.8. The number of hydrogen-bond acceptors (Lipinski definition) is 7. The fraction of sp³-hybridized carbons (Fsp3) is 0.400. The first-order chi connectivity index (χ1) is 19.9. The predicted octanol–water partition coefficient (Wildman–Crippen LogP) is 1.86. The summed E-state index contributed by atoms with van der Waals surface area (Å²) >= 11 is 1.03. The van der Waals surface area contributed by atoms with Gasteiger partial charge in [0.15, 0.2) is 10.4 Å². The van der Waals surface area contributed by atoms with E-state index in [4.69, 9.17) is 5.73 Å². The molecule has 0 aliphatic carbocycles. The molecule has 1 fully saturated rings. The number of nitrogens with two attached hydrogens (primary N) is 1. The SMILES string of the molecule is CC1=C(C(=O)NC[C@@H](C)C(=O)N[C@]2(Cc3ccc(F)cc3)C(=O)N3CCCN3Cc3ccccc32)SC(C)(C(N)=O)N1. The molecule has 3 aliphatic heterocycles. The predicted molar refractivity (Wildman–Crippen MR) is 156 cm³/mol. The lowest BCUT2D eigenvalue weighted by Gasteiger charge is -2.38. The Morgan fingerprint density at radius 3 is 2.55 bits per heavy atom. The number of amides is 4. The normalized spacial score (nSPS) is 24.4. The van der Waals surface area contributed by atoms with Gasteiger partial charge in [-0.05, 0) is 49.1 Å². The molecule has 1 unspecified atom stereocenters. The van der Waals surface area contributed by atoms with Gasteiger partial charge in [-0.1, -0.05) is 55.1 Å². The Balaban J connectivity index is 1.41. The lowest BCUT2D eigenvalue weighted by Crippen LogP contribution is -2.60. The van der Waals surface area contributed by atoms with Crippen LogP contribution in [0, 0.1) is 11.7 Å². The summed E-state index contributed by atoms with van der Waals surface area (Å²) in [6.45, 7) is 6.73. The summed E-state index contributed by atoms with van der Waals surface area (Å²) in [5, 5.41) is 12.5. The van der Waals surface area contributed by atoms with Crippen LogP contribution in [0.25, 0.3) is 0 Å². The summed E-state index contributed by atoms with van der Waals surface area (Å²) in [4.78, 5) is 52.2. The summed E-state index contributed by atoms with van der Waals surface area (Å²) in [6.07, 6.45) is 0.937. The van der Waals surface area contributed by atoms with E-state index in [9.17, 15) is 23.6 Å². The number of carbonyl (C=O) groups is 4. The number of primary amides is 1. The molecule has 2 aromatic carbocycles. The zero-order valence-corrected chi connectivity index (χ0v) is 24.6. The topological polar surface area (TPSA) is 137 Å². The Kier molecular flexibility index (Phi) is 8.04. The van der Waals surface area contributed by atoms with Gasteiger partial charge < -0.3 is 21.7 Å². The Morgan fingerprint density at radius 1 is 1.14 bits per heavy atom. The second-order valence-electron chi connectivity index (χ2n) is 11.2. The van der Waals surface area contributed by atoms with Gasteiger partial charge in [0.05, 0.1) is 10.8 Å². The summed E-state index contributed by atoms with van der Waals surface area (Å²) < 4.78 is 13.8. The van der Waals surface area contributed by atoms with Crippen LogP contribution >= 0.6 is 11.8 Å². The number of thioether (sulfide) groups is 1. The molecule has 42 heavy (non-hydrogen) atoms. The van der Waals surface area contributed by atoms with Crippen molar-refractivity contribution in [2.45, 2.75) is 50.6 Å². The molecule has 5 rings (SSSR count). The maximum atomic E-state index is 14.4. The number of hydrazine groups is 1. The monoisotopic (exact) mass is 594 g/mol. The summed E-state index contributed by atoms with van der Waals surface area (Å²) in [7, 11) is 0. The standard InChI is InChI=1S/C30H35FN6O4S/c1-18(16-33-26(39)24-19(2)34-29(3,42-24)27(32)40)25(38)35-30(15-20-9-11-22(31)12-10-20)23-8-5-4-7-21(23)17-36-13-6-14-37(36)28(30)41/h4-5,7-12,18,34H,6,13-17H2,1-3H3,(H2,32,40)(H,33,39)(H,35,38)/t18-,29?,30+/m1/s1. The molecule has 10 nitrogen and oxygen atoms in total. The largest absolute Gasteiger partial charge is 0.367 e. The smallest absolute Gasteiger partial charge is 0.267 e.